The maximum atomic E-state index is 12.9. The Kier molecular flexibility index (Phi) is 7.37. The van der Waals surface area contributed by atoms with Crippen LogP contribution in [0.4, 0.5) is 24.5 Å². The molecular weight excluding hydrogens is 433 g/mol. The van der Waals surface area contributed by atoms with E-state index in [0.717, 1.165) is 18.6 Å². The molecule has 8 heteroatoms. The van der Waals surface area contributed by atoms with E-state index in [0.29, 0.717) is 17.0 Å². The van der Waals surface area contributed by atoms with Gasteiger partial charge in [0, 0.05) is 22.5 Å². The van der Waals surface area contributed by atoms with Crippen molar-refractivity contribution in [1.29, 1.82) is 0 Å². The van der Waals surface area contributed by atoms with Crippen molar-refractivity contribution in [3.63, 3.8) is 0 Å². The van der Waals surface area contributed by atoms with Crippen LogP contribution in [-0.4, -0.2) is 17.9 Å². The number of alkyl halides is 3. The van der Waals surface area contributed by atoms with Gasteiger partial charge in [-0.15, -0.1) is 0 Å². The van der Waals surface area contributed by atoms with E-state index in [1.165, 1.54) is 24.3 Å². The Hall–Kier alpha value is -3.81. The minimum Gasteiger partial charge on any atom is -0.491 e. The topological polar surface area (TPSA) is 67.4 Å². The molecule has 0 heterocycles. The van der Waals surface area contributed by atoms with Crippen molar-refractivity contribution in [2.24, 2.45) is 0 Å². The van der Waals surface area contributed by atoms with Crippen LogP contribution in [0.25, 0.3) is 0 Å². The fraction of sp³-hybridized carbons (Fsp3) is 0.200. The number of halogens is 3. The van der Waals surface area contributed by atoms with Crippen LogP contribution in [0.1, 0.15) is 46.5 Å². The third-order valence-corrected chi connectivity index (χ3v) is 4.84. The third kappa shape index (κ3) is 6.58. The molecular formula is C25H23F3N2O3. The van der Waals surface area contributed by atoms with Crippen LogP contribution in [0.15, 0.2) is 72.8 Å². The smallest absolute Gasteiger partial charge is 0.416 e. The van der Waals surface area contributed by atoms with Crippen molar-refractivity contribution in [2.45, 2.75) is 32.5 Å². The van der Waals surface area contributed by atoms with Crippen molar-refractivity contribution < 1.29 is 27.5 Å². The lowest BCUT2D eigenvalue weighted by Crippen LogP contribution is -2.15. The molecule has 2 N–H and O–H groups in total. The summed E-state index contributed by atoms with van der Waals surface area (Å²) in [6.07, 6.45) is -3.68. The molecule has 3 aromatic carbocycles. The fourth-order valence-corrected chi connectivity index (χ4v) is 2.94. The van der Waals surface area contributed by atoms with Crippen LogP contribution in [0.2, 0.25) is 0 Å². The molecule has 33 heavy (non-hydrogen) atoms. The molecule has 2 amide bonds. The van der Waals surface area contributed by atoms with E-state index in [1.54, 1.807) is 36.4 Å². The number of carbonyl (C=O) groups is 2. The van der Waals surface area contributed by atoms with E-state index in [4.69, 9.17) is 4.74 Å². The summed E-state index contributed by atoms with van der Waals surface area (Å²) < 4.78 is 44.4. The summed E-state index contributed by atoms with van der Waals surface area (Å²) in [5.41, 5.74) is 0.0851. The predicted molar refractivity (Wildman–Crippen MR) is 121 cm³/mol. The molecule has 3 rings (SSSR count). The SMILES string of the molecule is CCC(C)Oc1cccc(C(=O)Nc2cccc(C(=O)Nc3cccc(C(F)(F)F)c3)c2)c1. The first-order valence-corrected chi connectivity index (χ1v) is 10.3. The number of benzene rings is 3. The van der Waals surface area contributed by atoms with Gasteiger partial charge in [0.15, 0.2) is 0 Å². The van der Waals surface area contributed by atoms with E-state index in [-0.39, 0.29) is 23.3 Å². The Balaban J connectivity index is 1.70. The Morgan fingerprint density at radius 2 is 1.39 bits per heavy atom. The highest BCUT2D eigenvalue weighted by Crippen LogP contribution is 2.30. The third-order valence-electron chi connectivity index (χ3n) is 4.84. The zero-order valence-corrected chi connectivity index (χ0v) is 18.1. The van der Waals surface area contributed by atoms with Crippen LogP contribution in [-0.2, 0) is 6.18 Å². The number of hydrogen-bond donors (Lipinski definition) is 2. The van der Waals surface area contributed by atoms with Crippen molar-refractivity contribution in [3.8, 4) is 5.75 Å². The van der Waals surface area contributed by atoms with E-state index in [2.05, 4.69) is 10.6 Å². The van der Waals surface area contributed by atoms with Gasteiger partial charge < -0.3 is 15.4 Å². The van der Waals surface area contributed by atoms with Gasteiger partial charge in [-0.1, -0.05) is 25.1 Å². The van der Waals surface area contributed by atoms with Crippen molar-refractivity contribution in [3.05, 3.63) is 89.5 Å². The Morgan fingerprint density at radius 1 is 0.848 bits per heavy atom. The van der Waals surface area contributed by atoms with Gasteiger partial charge in [-0.2, -0.15) is 13.2 Å². The Labute approximate surface area is 189 Å². The van der Waals surface area contributed by atoms with Crippen LogP contribution < -0.4 is 15.4 Å². The fourth-order valence-electron chi connectivity index (χ4n) is 2.94. The highest BCUT2D eigenvalue weighted by molar-refractivity contribution is 6.07. The summed E-state index contributed by atoms with van der Waals surface area (Å²) in [6, 6.07) is 17.2. The van der Waals surface area contributed by atoms with E-state index < -0.39 is 17.6 Å². The standard InChI is InChI=1S/C25H23F3N2O3/c1-3-16(2)33-22-12-5-8-18(14-22)24(32)29-20-10-4-7-17(13-20)23(31)30-21-11-6-9-19(15-21)25(26,27)28/h4-16H,3H2,1-2H3,(H,29,32)(H,30,31). The van der Waals surface area contributed by atoms with Crippen molar-refractivity contribution in [1.82, 2.24) is 0 Å². The zero-order valence-electron chi connectivity index (χ0n) is 18.1. The lowest BCUT2D eigenvalue weighted by Gasteiger charge is -2.13. The molecule has 5 nitrogen and oxygen atoms in total. The maximum Gasteiger partial charge on any atom is 0.416 e. The summed E-state index contributed by atoms with van der Waals surface area (Å²) >= 11 is 0. The molecule has 0 aliphatic rings. The van der Waals surface area contributed by atoms with Crippen molar-refractivity contribution >= 4 is 23.2 Å². The number of hydrogen-bond acceptors (Lipinski definition) is 3. The molecule has 1 atom stereocenters. The molecule has 0 bridgehead atoms. The molecule has 0 aliphatic heterocycles. The van der Waals surface area contributed by atoms with Crippen molar-refractivity contribution in [2.75, 3.05) is 10.6 Å². The summed E-state index contributed by atoms with van der Waals surface area (Å²) in [5, 5.41) is 5.16. The summed E-state index contributed by atoms with van der Waals surface area (Å²) in [6.45, 7) is 3.93. The number of amides is 2. The minimum atomic E-state index is -4.51. The molecule has 0 aliphatic carbocycles. The lowest BCUT2D eigenvalue weighted by molar-refractivity contribution is -0.137. The number of anilines is 2. The molecule has 0 fully saturated rings. The van der Waals surface area contributed by atoms with Crippen LogP contribution in [0, 0.1) is 0 Å². The monoisotopic (exact) mass is 456 g/mol. The van der Waals surface area contributed by atoms with Gasteiger partial charge in [-0.3, -0.25) is 9.59 Å². The molecule has 172 valence electrons. The van der Waals surface area contributed by atoms with Gasteiger partial charge in [-0.05, 0) is 67.9 Å². The van der Waals surface area contributed by atoms with E-state index in [1.807, 2.05) is 13.8 Å². The van der Waals surface area contributed by atoms with Crippen LogP contribution >= 0.6 is 0 Å². The predicted octanol–water partition coefficient (Wildman–Crippen LogP) is 6.39. The minimum absolute atomic E-state index is 0.00957. The highest BCUT2D eigenvalue weighted by atomic mass is 19.4. The molecule has 0 spiro atoms. The molecule has 0 saturated heterocycles. The van der Waals surface area contributed by atoms with Gasteiger partial charge in [0.1, 0.15) is 5.75 Å². The van der Waals surface area contributed by atoms with Crippen LogP contribution in [0.3, 0.4) is 0 Å². The van der Waals surface area contributed by atoms with E-state index in [9.17, 15) is 22.8 Å². The summed E-state index contributed by atoms with van der Waals surface area (Å²) in [5.74, 6) is -0.416. The van der Waals surface area contributed by atoms with Gasteiger partial charge in [0.05, 0.1) is 11.7 Å². The first-order valence-electron chi connectivity index (χ1n) is 10.3. The molecule has 1 unspecified atom stereocenters. The largest absolute Gasteiger partial charge is 0.491 e. The molecule has 3 aromatic rings. The average molecular weight is 456 g/mol. The Morgan fingerprint density at radius 3 is 2.00 bits per heavy atom. The molecule has 0 radical (unpaired) electrons. The number of rotatable bonds is 7. The number of carbonyl (C=O) groups excluding carboxylic acids is 2. The average Bonchev–Trinajstić information content (AvgIpc) is 2.79. The normalized spacial score (nSPS) is 12.0. The van der Waals surface area contributed by atoms with Crippen LogP contribution in [0.5, 0.6) is 5.75 Å². The first-order chi connectivity index (χ1) is 15.7. The zero-order chi connectivity index (χ0) is 24.0. The van der Waals surface area contributed by atoms with Gasteiger partial charge in [0.2, 0.25) is 0 Å². The first kappa shape index (κ1) is 23.8. The van der Waals surface area contributed by atoms with Gasteiger partial charge >= 0.3 is 6.18 Å². The lowest BCUT2D eigenvalue weighted by atomic mass is 10.1. The molecule has 0 saturated carbocycles. The second kappa shape index (κ2) is 10.2. The molecule has 0 aromatic heterocycles. The maximum absolute atomic E-state index is 12.9. The number of nitrogens with one attached hydrogen (secondary N) is 2. The van der Waals surface area contributed by atoms with Gasteiger partial charge in [-0.25, -0.2) is 0 Å². The second-order valence-corrected chi connectivity index (χ2v) is 7.43. The quantitative estimate of drug-likeness (QED) is 0.433. The summed E-state index contributed by atoms with van der Waals surface area (Å²) in [4.78, 5) is 25.2. The highest BCUT2D eigenvalue weighted by Gasteiger charge is 2.30. The Bertz CT molecular complexity index is 1150. The second-order valence-electron chi connectivity index (χ2n) is 7.43. The van der Waals surface area contributed by atoms with Gasteiger partial charge in [0.25, 0.3) is 11.8 Å². The summed E-state index contributed by atoms with van der Waals surface area (Å²) in [7, 11) is 0. The van der Waals surface area contributed by atoms with E-state index >= 15 is 0 Å². The number of ether oxygens (including phenoxy) is 1.